The summed E-state index contributed by atoms with van der Waals surface area (Å²) in [5.41, 5.74) is 8.57. The molecule has 0 fully saturated rings. The van der Waals surface area contributed by atoms with Crippen molar-refractivity contribution < 1.29 is 4.42 Å². The van der Waals surface area contributed by atoms with Gasteiger partial charge in [0.2, 0.25) is 0 Å². The Morgan fingerprint density at radius 2 is 1.33 bits per heavy atom. The van der Waals surface area contributed by atoms with Crippen molar-refractivity contribution in [2.45, 2.75) is 25.2 Å². The molecule has 6 aromatic carbocycles. The van der Waals surface area contributed by atoms with Gasteiger partial charge in [-0.15, -0.1) is 22.7 Å². The number of fused-ring (bicyclic) bond motifs is 9. The molecule has 0 amide bonds. The van der Waals surface area contributed by atoms with Crippen LogP contribution in [0.1, 0.15) is 36.8 Å². The molecule has 0 saturated heterocycles. The van der Waals surface area contributed by atoms with Crippen LogP contribution in [-0.4, -0.2) is 15.0 Å². The molecule has 0 spiro atoms. The summed E-state index contributed by atoms with van der Waals surface area (Å²) in [6, 6.07) is 42.0. The minimum atomic E-state index is 0.125. The Hall–Kier alpha value is -6.47. The Morgan fingerprint density at radius 3 is 2.23 bits per heavy atom. The lowest BCUT2D eigenvalue weighted by Gasteiger charge is -2.15. The summed E-state index contributed by atoms with van der Waals surface area (Å²) in [5.74, 6) is 2.40. The van der Waals surface area contributed by atoms with E-state index >= 15 is 0 Å². The largest absolute Gasteiger partial charge is 0.456 e. The summed E-state index contributed by atoms with van der Waals surface area (Å²) in [6.07, 6.45) is 18.1. The van der Waals surface area contributed by atoms with Crippen molar-refractivity contribution in [3.63, 3.8) is 0 Å². The number of hydrogen-bond donors (Lipinski definition) is 0. The first-order valence-electron chi connectivity index (χ1n) is 19.5. The lowest BCUT2D eigenvalue weighted by molar-refractivity contribution is 0.669. The zero-order valence-electron chi connectivity index (χ0n) is 30.8. The van der Waals surface area contributed by atoms with Crippen molar-refractivity contribution in [2.24, 2.45) is 0 Å². The highest BCUT2D eigenvalue weighted by Crippen LogP contribution is 2.46. The molecule has 57 heavy (non-hydrogen) atoms. The average molecular weight is 768 g/mol. The second-order valence-corrected chi connectivity index (χ2v) is 17.1. The van der Waals surface area contributed by atoms with Crippen LogP contribution in [0.15, 0.2) is 162 Å². The molecule has 6 heteroatoms. The zero-order valence-corrected chi connectivity index (χ0v) is 32.4. The van der Waals surface area contributed by atoms with Crippen LogP contribution in [0.25, 0.3) is 101 Å². The molecular weight excluding hydrogens is 735 g/mol. The number of para-hydroxylation sites is 1. The lowest BCUT2D eigenvalue weighted by Crippen LogP contribution is -2.09. The molecule has 0 N–H and O–H groups in total. The molecule has 270 valence electrons. The maximum absolute atomic E-state index is 6.63. The number of rotatable bonds is 5. The molecular formula is C51H33N3OS2. The maximum atomic E-state index is 6.63. The van der Waals surface area contributed by atoms with E-state index < -0.39 is 0 Å². The summed E-state index contributed by atoms with van der Waals surface area (Å²) < 4.78 is 11.7. The Balaban J connectivity index is 1.02. The highest BCUT2D eigenvalue weighted by Gasteiger charge is 2.21. The Bertz CT molecular complexity index is 3410. The highest BCUT2D eigenvalue weighted by molar-refractivity contribution is 7.26. The van der Waals surface area contributed by atoms with Crippen molar-refractivity contribution in [3.05, 3.63) is 169 Å². The SMILES string of the molecule is C1=CCC(c2nc(C3=CCCC=C3)nc(-c3ccc4c(c3)sc3c(-c5cc(-c6ccc7c(c6)sc6ccccc67)c6c(c5)oc5ccccc56)cccc34)n2)C=C1. The van der Waals surface area contributed by atoms with Gasteiger partial charge in [0.05, 0.1) is 0 Å². The fourth-order valence-corrected chi connectivity index (χ4v) is 11.1. The van der Waals surface area contributed by atoms with Crippen LogP contribution in [0.4, 0.5) is 0 Å². The van der Waals surface area contributed by atoms with Gasteiger partial charge in [0.15, 0.2) is 11.6 Å². The molecule has 4 nitrogen and oxygen atoms in total. The second kappa shape index (κ2) is 13.1. The first kappa shape index (κ1) is 32.7. The van der Waals surface area contributed by atoms with Crippen molar-refractivity contribution in [1.29, 1.82) is 0 Å². The number of aromatic nitrogens is 3. The number of benzene rings is 6. The fourth-order valence-electron chi connectivity index (χ4n) is 8.66. The van der Waals surface area contributed by atoms with Crippen LogP contribution in [0.2, 0.25) is 0 Å². The average Bonchev–Trinajstić information content (AvgIpc) is 3.97. The van der Waals surface area contributed by atoms with Crippen LogP contribution in [0, 0.1) is 0 Å². The monoisotopic (exact) mass is 767 g/mol. The van der Waals surface area contributed by atoms with Crippen LogP contribution < -0.4 is 0 Å². The number of thiophene rings is 2. The van der Waals surface area contributed by atoms with Gasteiger partial charge in [-0.2, -0.15) is 0 Å². The van der Waals surface area contributed by atoms with E-state index in [1.165, 1.54) is 57.0 Å². The van der Waals surface area contributed by atoms with Gasteiger partial charge in [0.25, 0.3) is 0 Å². The van der Waals surface area contributed by atoms with Gasteiger partial charge in [-0.25, -0.2) is 15.0 Å². The van der Waals surface area contributed by atoms with Gasteiger partial charge >= 0.3 is 0 Å². The van der Waals surface area contributed by atoms with Gasteiger partial charge < -0.3 is 4.42 Å². The number of furan rings is 1. The van der Waals surface area contributed by atoms with Gasteiger partial charge in [0, 0.05) is 68.2 Å². The molecule has 10 aromatic rings. The Kier molecular flexibility index (Phi) is 7.50. The third-order valence-electron chi connectivity index (χ3n) is 11.5. The van der Waals surface area contributed by atoms with Gasteiger partial charge in [-0.3, -0.25) is 0 Å². The van der Waals surface area contributed by atoms with Gasteiger partial charge in [-0.1, -0.05) is 121 Å². The first-order chi connectivity index (χ1) is 28.2. The predicted molar refractivity (Wildman–Crippen MR) is 241 cm³/mol. The third-order valence-corrected chi connectivity index (χ3v) is 13.8. The molecule has 1 atom stereocenters. The van der Waals surface area contributed by atoms with Crippen molar-refractivity contribution in [2.75, 3.05) is 0 Å². The molecule has 4 heterocycles. The van der Waals surface area contributed by atoms with Gasteiger partial charge in [-0.05, 0) is 77.9 Å². The molecule has 2 aliphatic carbocycles. The van der Waals surface area contributed by atoms with Crippen molar-refractivity contribution in [1.82, 2.24) is 15.0 Å². The third kappa shape index (κ3) is 5.43. The molecule has 0 saturated carbocycles. The minimum Gasteiger partial charge on any atom is -0.456 e. The molecule has 4 aromatic heterocycles. The molecule has 2 aliphatic rings. The van der Waals surface area contributed by atoms with E-state index in [0.29, 0.717) is 5.82 Å². The van der Waals surface area contributed by atoms with Crippen LogP contribution in [-0.2, 0) is 0 Å². The lowest BCUT2D eigenvalue weighted by atomic mass is 9.93. The van der Waals surface area contributed by atoms with E-state index in [1.807, 2.05) is 28.7 Å². The predicted octanol–water partition coefficient (Wildman–Crippen LogP) is 14.8. The summed E-state index contributed by atoms with van der Waals surface area (Å²) in [7, 11) is 0. The first-order valence-corrected chi connectivity index (χ1v) is 21.1. The molecule has 0 aliphatic heterocycles. The standard InChI is InChI=1S/C51H33N3OS2/c1-3-12-30(13-4-1)49-52-50(31-14-5-2-6-15-31)54-51(53-49)33-23-25-38-39-19-11-18-35(48(39)57-46(38)29-33)34-26-41(47-40-17-7-9-20-42(40)55-43(47)27-34)32-22-24-37-36-16-8-10-21-44(36)56-45(37)28-32/h1,3-5,7-12,14-30H,2,6,13H2. The smallest absolute Gasteiger partial charge is 0.163 e. The van der Waals surface area contributed by atoms with Gasteiger partial charge in [0.1, 0.15) is 17.0 Å². The van der Waals surface area contributed by atoms with E-state index in [4.69, 9.17) is 19.4 Å². The van der Waals surface area contributed by atoms with E-state index in [-0.39, 0.29) is 5.92 Å². The van der Waals surface area contributed by atoms with Crippen LogP contribution in [0.5, 0.6) is 0 Å². The van der Waals surface area contributed by atoms with E-state index in [0.717, 1.165) is 69.5 Å². The summed E-state index contributed by atoms with van der Waals surface area (Å²) in [5, 5.41) is 7.37. The Labute approximate surface area is 336 Å². The number of hydrogen-bond acceptors (Lipinski definition) is 6. The second-order valence-electron chi connectivity index (χ2n) is 14.9. The molecule has 0 radical (unpaired) electrons. The molecule has 1 unspecified atom stereocenters. The molecule has 0 bridgehead atoms. The van der Waals surface area contributed by atoms with E-state index in [9.17, 15) is 0 Å². The highest BCUT2D eigenvalue weighted by atomic mass is 32.1. The number of nitrogens with zero attached hydrogens (tertiary/aromatic N) is 3. The zero-order chi connectivity index (χ0) is 37.5. The fraction of sp³-hybridized carbons (Fsp3) is 0.0784. The quantitative estimate of drug-likeness (QED) is 0.175. The van der Waals surface area contributed by atoms with Crippen LogP contribution >= 0.6 is 22.7 Å². The van der Waals surface area contributed by atoms with Crippen LogP contribution in [0.3, 0.4) is 0 Å². The summed E-state index contributed by atoms with van der Waals surface area (Å²) in [4.78, 5) is 15.2. The normalized spacial score (nSPS) is 15.6. The summed E-state index contributed by atoms with van der Waals surface area (Å²) in [6.45, 7) is 0. The molecule has 12 rings (SSSR count). The van der Waals surface area contributed by atoms with E-state index in [1.54, 1.807) is 0 Å². The van der Waals surface area contributed by atoms with Crippen molar-refractivity contribution in [3.8, 4) is 33.6 Å². The van der Waals surface area contributed by atoms with Crippen molar-refractivity contribution >= 4 is 90.5 Å². The topological polar surface area (TPSA) is 51.8 Å². The Morgan fingerprint density at radius 1 is 0.544 bits per heavy atom. The maximum Gasteiger partial charge on any atom is 0.163 e. The summed E-state index contributed by atoms with van der Waals surface area (Å²) >= 11 is 3.69. The number of allylic oxidation sites excluding steroid dienone is 8. The minimum absolute atomic E-state index is 0.125. The van der Waals surface area contributed by atoms with E-state index in [2.05, 4.69) is 152 Å².